The Morgan fingerprint density at radius 3 is 1.14 bits per heavy atom. The summed E-state index contributed by atoms with van der Waals surface area (Å²) in [4.78, 5) is 0. The van der Waals surface area contributed by atoms with Crippen molar-refractivity contribution in [3.63, 3.8) is 0 Å². The van der Waals surface area contributed by atoms with Crippen LogP contribution >= 0.6 is 0 Å². The zero-order valence-electron chi connectivity index (χ0n) is 15.9. The number of nitrogens with zero attached hydrogens (tertiary/aromatic N) is 2. The van der Waals surface area contributed by atoms with Gasteiger partial charge in [-0.3, -0.25) is 0 Å². The molecule has 0 radical (unpaired) electrons. The Kier molecular flexibility index (Phi) is 7.58. The van der Waals surface area contributed by atoms with Crippen LogP contribution < -0.4 is 0 Å². The zero-order chi connectivity index (χ0) is 16.6. The quantitative estimate of drug-likeness (QED) is 0.456. The van der Waals surface area contributed by atoms with Crippen LogP contribution in [0.3, 0.4) is 0 Å². The van der Waals surface area contributed by atoms with Crippen LogP contribution in [0, 0.1) is 0 Å². The Bertz CT molecular complexity index is 366. The van der Waals surface area contributed by atoms with Crippen molar-refractivity contribution in [2.24, 2.45) is 0 Å². The lowest BCUT2D eigenvalue weighted by Crippen LogP contribution is -2.35. The molecule has 1 rings (SSSR count). The summed E-state index contributed by atoms with van der Waals surface area (Å²) >= 11 is 0. The van der Waals surface area contributed by atoms with Gasteiger partial charge in [0, 0.05) is 0 Å². The summed E-state index contributed by atoms with van der Waals surface area (Å²) in [6, 6.07) is 9.34. The van der Waals surface area contributed by atoms with Crippen LogP contribution in [-0.4, -0.2) is 64.3 Å². The average Bonchev–Trinajstić information content (AvgIpc) is 2.39. The van der Waals surface area contributed by atoms with E-state index in [0.717, 1.165) is 8.97 Å². The Balaban J connectivity index is 2.22. The van der Waals surface area contributed by atoms with E-state index in [-0.39, 0.29) is 0 Å². The number of hydrogen-bond acceptors (Lipinski definition) is 0. The van der Waals surface area contributed by atoms with Crippen molar-refractivity contribution in [3.05, 3.63) is 35.4 Å². The lowest BCUT2D eigenvalue weighted by atomic mass is 10.0. The first-order valence-electron chi connectivity index (χ1n) is 8.84. The minimum Gasteiger partial charge on any atom is -0.331 e. The molecule has 0 heterocycles. The van der Waals surface area contributed by atoms with Crippen LogP contribution in [-0.2, 0) is 12.8 Å². The van der Waals surface area contributed by atoms with E-state index < -0.39 is 0 Å². The normalized spacial score (nSPS) is 12.6. The molecule has 0 saturated carbocycles. The van der Waals surface area contributed by atoms with Crippen LogP contribution in [0.1, 0.15) is 36.8 Å². The molecule has 0 saturated heterocycles. The van der Waals surface area contributed by atoms with Gasteiger partial charge in [-0.05, 0) is 49.7 Å². The van der Waals surface area contributed by atoms with Crippen LogP contribution in [0.2, 0.25) is 0 Å². The fraction of sp³-hybridized carbons (Fsp3) is 0.700. The second kappa shape index (κ2) is 8.69. The van der Waals surface area contributed by atoms with Gasteiger partial charge in [0.1, 0.15) is 0 Å². The van der Waals surface area contributed by atoms with Gasteiger partial charge in [-0.15, -0.1) is 0 Å². The van der Waals surface area contributed by atoms with E-state index in [1.807, 2.05) is 0 Å². The van der Waals surface area contributed by atoms with Gasteiger partial charge in [0.15, 0.2) is 0 Å². The molecule has 1 aromatic carbocycles. The van der Waals surface area contributed by atoms with Crippen LogP contribution in [0.15, 0.2) is 24.3 Å². The van der Waals surface area contributed by atoms with Crippen molar-refractivity contribution in [1.29, 1.82) is 0 Å². The molecule has 0 N–H and O–H groups in total. The molecule has 0 bridgehead atoms. The van der Waals surface area contributed by atoms with Gasteiger partial charge in [-0.25, -0.2) is 0 Å². The molecule has 0 fully saturated rings. The van der Waals surface area contributed by atoms with Crippen molar-refractivity contribution >= 4 is 0 Å². The van der Waals surface area contributed by atoms with E-state index in [2.05, 4.69) is 66.6 Å². The summed E-state index contributed by atoms with van der Waals surface area (Å²) in [7, 11) is 13.6. The highest BCUT2D eigenvalue weighted by Gasteiger charge is 2.07. The summed E-state index contributed by atoms with van der Waals surface area (Å²) < 4.78 is 2.15. The van der Waals surface area contributed by atoms with E-state index in [1.165, 1.54) is 62.7 Å². The first-order chi connectivity index (χ1) is 10.2. The summed E-state index contributed by atoms with van der Waals surface area (Å²) in [5, 5.41) is 0. The average molecular weight is 307 g/mol. The van der Waals surface area contributed by atoms with Crippen LogP contribution in [0.5, 0.6) is 0 Å². The SMILES string of the molecule is C[N+](C)(C)CCCCc1ccc(CCCC[N+](C)(C)C)cc1. The second-order valence-electron chi connectivity index (χ2n) is 8.76. The first-order valence-corrected chi connectivity index (χ1v) is 8.84. The molecule has 0 amide bonds. The molecule has 0 aliphatic rings. The fourth-order valence-electron chi connectivity index (χ4n) is 2.70. The number of quaternary nitrogens is 2. The Morgan fingerprint density at radius 2 is 0.864 bits per heavy atom. The van der Waals surface area contributed by atoms with Crippen molar-refractivity contribution < 1.29 is 8.97 Å². The largest absolute Gasteiger partial charge is 0.331 e. The minimum absolute atomic E-state index is 1.08. The van der Waals surface area contributed by atoms with Gasteiger partial charge in [0.05, 0.1) is 55.4 Å². The summed E-state index contributed by atoms with van der Waals surface area (Å²) in [6.07, 6.45) is 7.69. The van der Waals surface area contributed by atoms with Gasteiger partial charge >= 0.3 is 0 Å². The molecular formula is C20H38N2+2. The fourth-order valence-corrected chi connectivity index (χ4v) is 2.70. The lowest BCUT2D eigenvalue weighted by Gasteiger charge is -2.23. The minimum atomic E-state index is 1.08. The maximum Gasteiger partial charge on any atom is 0.0780 e. The van der Waals surface area contributed by atoms with Crippen molar-refractivity contribution in [3.8, 4) is 0 Å². The van der Waals surface area contributed by atoms with Gasteiger partial charge in [-0.2, -0.15) is 0 Å². The van der Waals surface area contributed by atoms with Crippen LogP contribution in [0.25, 0.3) is 0 Å². The molecule has 126 valence electrons. The van der Waals surface area contributed by atoms with Gasteiger partial charge in [0.25, 0.3) is 0 Å². The molecular weight excluding hydrogens is 268 g/mol. The number of rotatable bonds is 10. The third kappa shape index (κ3) is 9.97. The smallest absolute Gasteiger partial charge is 0.0780 e. The Labute approximate surface area is 138 Å². The molecule has 22 heavy (non-hydrogen) atoms. The molecule has 0 atom stereocenters. The molecule has 2 heteroatoms. The molecule has 0 aromatic heterocycles. The standard InChI is InChI=1S/C20H38N2/c1-21(2,3)17-9-7-11-19-13-15-20(16-14-19)12-8-10-18-22(4,5)6/h13-16H,7-12,17-18H2,1-6H3/q+2. The third-order valence-electron chi connectivity index (χ3n) is 4.11. The molecule has 0 spiro atoms. The summed E-state index contributed by atoms with van der Waals surface area (Å²) in [5.74, 6) is 0. The number of hydrogen-bond donors (Lipinski definition) is 0. The van der Waals surface area contributed by atoms with Gasteiger partial charge in [-0.1, -0.05) is 24.3 Å². The van der Waals surface area contributed by atoms with E-state index in [0.29, 0.717) is 0 Å². The Hall–Kier alpha value is -0.860. The first kappa shape index (κ1) is 19.2. The van der Waals surface area contributed by atoms with Crippen molar-refractivity contribution in [1.82, 2.24) is 0 Å². The van der Waals surface area contributed by atoms with E-state index >= 15 is 0 Å². The number of unbranched alkanes of at least 4 members (excludes halogenated alkanes) is 2. The van der Waals surface area contributed by atoms with E-state index in [4.69, 9.17) is 0 Å². The lowest BCUT2D eigenvalue weighted by molar-refractivity contribution is -0.870. The van der Waals surface area contributed by atoms with E-state index in [9.17, 15) is 0 Å². The highest BCUT2D eigenvalue weighted by atomic mass is 15.3. The summed E-state index contributed by atoms with van der Waals surface area (Å²) in [5.41, 5.74) is 2.99. The molecule has 0 aliphatic carbocycles. The highest BCUT2D eigenvalue weighted by Crippen LogP contribution is 2.11. The highest BCUT2D eigenvalue weighted by molar-refractivity contribution is 5.22. The maximum absolute atomic E-state index is 2.33. The van der Waals surface area contributed by atoms with Gasteiger partial charge < -0.3 is 8.97 Å². The third-order valence-corrected chi connectivity index (χ3v) is 4.11. The molecule has 0 aliphatic heterocycles. The number of benzene rings is 1. The predicted molar refractivity (Wildman–Crippen MR) is 98.1 cm³/mol. The van der Waals surface area contributed by atoms with Crippen molar-refractivity contribution in [2.45, 2.75) is 38.5 Å². The molecule has 0 unspecified atom stereocenters. The maximum atomic E-state index is 2.33. The Morgan fingerprint density at radius 1 is 0.545 bits per heavy atom. The predicted octanol–water partition coefficient (Wildman–Crippen LogP) is 3.74. The van der Waals surface area contributed by atoms with Crippen molar-refractivity contribution in [2.75, 3.05) is 55.4 Å². The topological polar surface area (TPSA) is 0 Å². The monoisotopic (exact) mass is 306 g/mol. The van der Waals surface area contributed by atoms with Gasteiger partial charge in [0.2, 0.25) is 0 Å². The second-order valence-corrected chi connectivity index (χ2v) is 8.76. The molecule has 1 aromatic rings. The summed E-state index contributed by atoms with van der Waals surface area (Å²) in [6.45, 7) is 2.54. The van der Waals surface area contributed by atoms with E-state index in [1.54, 1.807) is 0 Å². The zero-order valence-corrected chi connectivity index (χ0v) is 15.9. The van der Waals surface area contributed by atoms with Crippen LogP contribution in [0.4, 0.5) is 0 Å². The molecule has 2 nitrogen and oxygen atoms in total. The number of aryl methyl sites for hydroxylation is 2.